The maximum absolute atomic E-state index is 12.1. The lowest BCUT2D eigenvalue weighted by molar-refractivity contribution is -0.117. The Hall–Kier alpha value is -2.62. The first-order chi connectivity index (χ1) is 14.0. The van der Waals surface area contributed by atoms with E-state index in [1.54, 1.807) is 31.2 Å². The topological polar surface area (TPSA) is 101 Å². The van der Waals surface area contributed by atoms with Crippen LogP contribution in [-0.4, -0.2) is 58.8 Å². The molecule has 3 aromatic rings. The van der Waals surface area contributed by atoms with Crippen LogP contribution in [0.4, 0.5) is 11.8 Å². The number of aryl methyl sites for hydroxylation is 1. The van der Waals surface area contributed by atoms with Gasteiger partial charge in [-0.1, -0.05) is 33.5 Å². The third-order valence-electron chi connectivity index (χ3n) is 4.44. The van der Waals surface area contributed by atoms with Crippen molar-refractivity contribution < 1.29 is 13.8 Å². The zero-order valence-electron chi connectivity index (χ0n) is 15.6. The lowest BCUT2D eigenvalue weighted by Gasteiger charge is -2.32. The van der Waals surface area contributed by atoms with Crippen LogP contribution in [0.25, 0.3) is 11.4 Å². The number of hydrogen-bond donors (Lipinski definition) is 1. The number of piperazine rings is 1. The summed E-state index contributed by atoms with van der Waals surface area (Å²) < 4.78 is 10.3. The Morgan fingerprint density at radius 1 is 1.07 bits per heavy atom. The number of carbonyl (C=O) groups is 1. The first-order valence-electron chi connectivity index (χ1n) is 8.97. The van der Waals surface area contributed by atoms with Crippen molar-refractivity contribution in [2.75, 3.05) is 42.9 Å². The lowest BCUT2D eigenvalue weighted by Crippen LogP contribution is -2.48. The second-order valence-electron chi connectivity index (χ2n) is 6.69. The zero-order chi connectivity index (χ0) is 20.4. The SMILES string of the molecule is Cc1cc(NC(=O)CN2CCN(c3nc(-c4cc(Cl)cc(Cl)c4)no3)CC2)no1. The molecule has 0 bridgehead atoms. The van der Waals surface area contributed by atoms with Gasteiger partial charge in [0, 0.05) is 47.9 Å². The van der Waals surface area contributed by atoms with Gasteiger partial charge in [0.1, 0.15) is 5.76 Å². The summed E-state index contributed by atoms with van der Waals surface area (Å²) in [5, 5.41) is 11.5. The van der Waals surface area contributed by atoms with E-state index in [4.69, 9.17) is 32.2 Å². The Kier molecular flexibility index (Phi) is 5.70. The van der Waals surface area contributed by atoms with Crippen LogP contribution in [0.15, 0.2) is 33.3 Å². The van der Waals surface area contributed by atoms with E-state index < -0.39 is 0 Å². The quantitative estimate of drug-likeness (QED) is 0.650. The molecular weight excluding hydrogens is 419 g/mol. The minimum absolute atomic E-state index is 0.135. The Bertz CT molecular complexity index is 992. The van der Waals surface area contributed by atoms with Crippen molar-refractivity contribution in [3.05, 3.63) is 40.1 Å². The number of aromatic nitrogens is 3. The van der Waals surface area contributed by atoms with Gasteiger partial charge in [-0.3, -0.25) is 9.69 Å². The molecule has 29 heavy (non-hydrogen) atoms. The van der Waals surface area contributed by atoms with Gasteiger partial charge in [0.15, 0.2) is 5.82 Å². The highest BCUT2D eigenvalue weighted by Gasteiger charge is 2.23. The lowest BCUT2D eigenvalue weighted by atomic mass is 10.2. The average molecular weight is 437 g/mol. The molecule has 1 aliphatic heterocycles. The molecular formula is C18H18Cl2N6O3. The zero-order valence-corrected chi connectivity index (χ0v) is 17.1. The predicted molar refractivity (Wildman–Crippen MR) is 108 cm³/mol. The van der Waals surface area contributed by atoms with Gasteiger partial charge in [0.25, 0.3) is 0 Å². The van der Waals surface area contributed by atoms with Gasteiger partial charge >= 0.3 is 6.01 Å². The van der Waals surface area contributed by atoms with Gasteiger partial charge in [-0.2, -0.15) is 4.98 Å². The minimum atomic E-state index is -0.135. The van der Waals surface area contributed by atoms with Gasteiger partial charge in [-0.05, 0) is 25.1 Å². The molecule has 1 aliphatic rings. The standard InChI is InChI=1S/C18H18Cl2N6O3/c1-11-6-15(23-28-11)21-16(27)10-25-2-4-26(5-3-25)18-22-17(24-29-18)12-7-13(19)9-14(20)8-12/h6-9H,2-5,10H2,1H3,(H,21,23,27). The molecule has 2 aromatic heterocycles. The highest BCUT2D eigenvalue weighted by atomic mass is 35.5. The first kappa shape index (κ1) is 19.7. The number of carbonyl (C=O) groups excluding carboxylic acids is 1. The molecule has 11 heteroatoms. The highest BCUT2D eigenvalue weighted by Crippen LogP contribution is 2.27. The third kappa shape index (κ3) is 4.87. The van der Waals surface area contributed by atoms with Gasteiger partial charge in [0.2, 0.25) is 11.7 Å². The molecule has 0 aliphatic carbocycles. The van der Waals surface area contributed by atoms with Crippen molar-refractivity contribution in [2.45, 2.75) is 6.92 Å². The number of benzene rings is 1. The number of amides is 1. The monoisotopic (exact) mass is 436 g/mol. The predicted octanol–water partition coefficient (Wildman–Crippen LogP) is 3.10. The summed E-state index contributed by atoms with van der Waals surface area (Å²) in [4.78, 5) is 20.6. The number of halogens is 2. The molecule has 4 rings (SSSR count). The van der Waals surface area contributed by atoms with Crippen molar-refractivity contribution in [1.82, 2.24) is 20.2 Å². The molecule has 3 heterocycles. The molecule has 0 atom stereocenters. The van der Waals surface area contributed by atoms with Crippen LogP contribution in [0.3, 0.4) is 0 Å². The normalized spacial score (nSPS) is 14.9. The summed E-state index contributed by atoms with van der Waals surface area (Å²) >= 11 is 12.1. The summed E-state index contributed by atoms with van der Waals surface area (Å²) in [6.45, 7) is 4.74. The van der Waals surface area contributed by atoms with E-state index in [2.05, 4.69) is 20.6 Å². The fraction of sp³-hybridized carbons (Fsp3) is 0.333. The third-order valence-corrected chi connectivity index (χ3v) is 4.88. The van der Waals surface area contributed by atoms with Gasteiger partial charge in [-0.25, -0.2) is 0 Å². The second-order valence-corrected chi connectivity index (χ2v) is 7.57. The van der Waals surface area contributed by atoms with Gasteiger partial charge in [-0.15, -0.1) is 0 Å². The Balaban J connectivity index is 1.31. The summed E-state index contributed by atoms with van der Waals surface area (Å²) in [6, 6.07) is 7.21. The molecule has 1 saturated heterocycles. The van der Waals surface area contributed by atoms with Crippen LogP contribution in [0, 0.1) is 6.92 Å². The number of nitrogens with one attached hydrogen (secondary N) is 1. The van der Waals surface area contributed by atoms with E-state index in [9.17, 15) is 4.79 Å². The molecule has 152 valence electrons. The molecule has 0 saturated carbocycles. The molecule has 0 spiro atoms. The number of hydrogen-bond acceptors (Lipinski definition) is 8. The average Bonchev–Trinajstić information content (AvgIpc) is 3.31. The fourth-order valence-electron chi connectivity index (χ4n) is 3.05. The van der Waals surface area contributed by atoms with Crippen molar-refractivity contribution in [1.29, 1.82) is 0 Å². The van der Waals surface area contributed by atoms with Crippen LogP contribution in [0.1, 0.15) is 5.76 Å². The van der Waals surface area contributed by atoms with E-state index in [-0.39, 0.29) is 12.5 Å². The molecule has 1 amide bonds. The number of nitrogens with zero attached hydrogens (tertiary/aromatic N) is 5. The van der Waals surface area contributed by atoms with Crippen molar-refractivity contribution in [3.63, 3.8) is 0 Å². The van der Waals surface area contributed by atoms with Crippen LogP contribution in [0.5, 0.6) is 0 Å². The van der Waals surface area contributed by atoms with Crippen molar-refractivity contribution in [2.24, 2.45) is 0 Å². The second kappa shape index (κ2) is 8.40. The molecule has 9 nitrogen and oxygen atoms in total. The summed E-state index contributed by atoms with van der Waals surface area (Å²) in [5.41, 5.74) is 0.691. The summed E-state index contributed by atoms with van der Waals surface area (Å²) in [5.74, 6) is 1.36. The van der Waals surface area contributed by atoms with Crippen molar-refractivity contribution in [3.8, 4) is 11.4 Å². The first-order valence-corrected chi connectivity index (χ1v) is 9.72. The van der Waals surface area contributed by atoms with Crippen LogP contribution < -0.4 is 10.2 Å². The van der Waals surface area contributed by atoms with E-state index in [1.807, 2.05) is 9.80 Å². The maximum atomic E-state index is 12.1. The number of anilines is 2. The molecule has 0 radical (unpaired) electrons. The molecule has 1 N–H and O–H groups in total. The maximum Gasteiger partial charge on any atom is 0.324 e. The number of rotatable bonds is 5. The Morgan fingerprint density at radius 2 is 1.79 bits per heavy atom. The Morgan fingerprint density at radius 3 is 2.45 bits per heavy atom. The van der Waals surface area contributed by atoms with Crippen LogP contribution in [-0.2, 0) is 4.79 Å². The van der Waals surface area contributed by atoms with E-state index in [0.29, 0.717) is 65.2 Å². The van der Waals surface area contributed by atoms with Crippen LogP contribution in [0.2, 0.25) is 10.0 Å². The highest BCUT2D eigenvalue weighted by molar-refractivity contribution is 6.35. The van der Waals surface area contributed by atoms with Crippen LogP contribution >= 0.6 is 23.2 Å². The smallest absolute Gasteiger partial charge is 0.324 e. The summed E-state index contributed by atoms with van der Waals surface area (Å²) in [7, 11) is 0. The van der Waals surface area contributed by atoms with E-state index in [1.165, 1.54) is 0 Å². The molecule has 0 unspecified atom stereocenters. The van der Waals surface area contributed by atoms with Crippen molar-refractivity contribution >= 4 is 40.9 Å². The minimum Gasteiger partial charge on any atom is -0.360 e. The largest absolute Gasteiger partial charge is 0.360 e. The summed E-state index contributed by atoms with van der Waals surface area (Å²) in [6.07, 6.45) is 0. The van der Waals surface area contributed by atoms with Gasteiger partial charge in [0.05, 0.1) is 6.54 Å². The molecule has 1 aromatic carbocycles. The molecule has 1 fully saturated rings. The van der Waals surface area contributed by atoms with E-state index >= 15 is 0 Å². The van der Waals surface area contributed by atoms with E-state index in [0.717, 1.165) is 0 Å². The fourth-order valence-corrected chi connectivity index (χ4v) is 3.58. The van der Waals surface area contributed by atoms with Gasteiger partial charge < -0.3 is 19.3 Å². The Labute approximate surface area is 176 Å².